The van der Waals surface area contributed by atoms with Crippen molar-refractivity contribution in [1.29, 1.82) is 0 Å². The van der Waals surface area contributed by atoms with E-state index in [1.807, 2.05) is 42.5 Å². The SMILES string of the molecule is c1ccc(-c2ccccc2-c2nc(-c3ccc(-c4ccc(-c5c6ccccc6cc6c5ccc5ccccc56)cc4)cc3)nc(-c3cccc(-c4cc5ccccc5o4)c3)n2)cc1. The molecule has 4 heteroatoms. The zero-order valence-electron chi connectivity index (χ0n) is 34.1. The molecule has 12 rings (SSSR count). The van der Waals surface area contributed by atoms with Gasteiger partial charge in [-0.25, -0.2) is 15.0 Å². The van der Waals surface area contributed by atoms with Crippen LogP contribution in [0, 0.1) is 0 Å². The molecule has 294 valence electrons. The molecule has 4 nitrogen and oxygen atoms in total. The molecule has 0 radical (unpaired) electrons. The second-order valence-electron chi connectivity index (χ2n) is 16.0. The van der Waals surface area contributed by atoms with Crippen LogP contribution in [0.5, 0.6) is 0 Å². The largest absolute Gasteiger partial charge is 0.456 e. The monoisotopic (exact) mass is 803 g/mol. The lowest BCUT2D eigenvalue weighted by Crippen LogP contribution is -2.01. The van der Waals surface area contributed by atoms with Gasteiger partial charge in [-0.2, -0.15) is 0 Å². The Morgan fingerprint density at radius 3 is 1.62 bits per heavy atom. The number of rotatable bonds is 7. The Kier molecular flexibility index (Phi) is 8.79. The third-order valence-electron chi connectivity index (χ3n) is 12.1. The molecule has 10 aromatic carbocycles. The summed E-state index contributed by atoms with van der Waals surface area (Å²) in [6.45, 7) is 0. The van der Waals surface area contributed by atoms with E-state index < -0.39 is 0 Å². The number of benzene rings is 10. The van der Waals surface area contributed by atoms with Crippen LogP contribution >= 0.6 is 0 Å². The first kappa shape index (κ1) is 36.4. The van der Waals surface area contributed by atoms with Crippen molar-refractivity contribution in [2.24, 2.45) is 0 Å². The summed E-state index contributed by atoms with van der Waals surface area (Å²) in [6, 6.07) is 78.9. The zero-order valence-corrected chi connectivity index (χ0v) is 34.1. The minimum absolute atomic E-state index is 0.587. The van der Waals surface area contributed by atoms with Crippen LogP contribution in [-0.4, -0.2) is 15.0 Å². The second-order valence-corrected chi connectivity index (χ2v) is 16.0. The van der Waals surface area contributed by atoms with E-state index in [2.05, 4.69) is 182 Å². The van der Waals surface area contributed by atoms with E-state index in [9.17, 15) is 0 Å². The van der Waals surface area contributed by atoms with Gasteiger partial charge in [0.05, 0.1) is 0 Å². The van der Waals surface area contributed by atoms with E-state index in [0.717, 1.165) is 61.2 Å². The Hall–Kier alpha value is -8.47. The predicted octanol–water partition coefficient (Wildman–Crippen LogP) is 15.7. The number of para-hydroxylation sites is 1. The standard InChI is InChI=1S/C59H37N3O/c1-2-13-40(14-3-1)48-20-9-10-23-52(48)59-61-57(60-58(62-59)47-19-12-18-45(35-47)55-37-46-17-6-11-24-54(46)63-55)43-31-27-39(28-32-43)38-25-29-42(30-26-38)56-50-22-8-5-16-44(50)36-53-49-21-7-4-15-41(49)33-34-51(53)56/h1-37H. The molecule has 2 heterocycles. The lowest BCUT2D eigenvalue weighted by atomic mass is 9.89. The van der Waals surface area contributed by atoms with E-state index in [-0.39, 0.29) is 0 Å². The molecule has 0 spiro atoms. The van der Waals surface area contributed by atoms with E-state index >= 15 is 0 Å². The molecular formula is C59H37N3O. The summed E-state index contributed by atoms with van der Waals surface area (Å²) in [5.74, 6) is 2.59. The van der Waals surface area contributed by atoms with Crippen LogP contribution in [0.4, 0.5) is 0 Å². The van der Waals surface area contributed by atoms with Crippen LogP contribution in [-0.2, 0) is 0 Å². The molecule has 0 atom stereocenters. The lowest BCUT2D eigenvalue weighted by Gasteiger charge is -2.14. The summed E-state index contributed by atoms with van der Waals surface area (Å²) < 4.78 is 6.27. The van der Waals surface area contributed by atoms with Gasteiger partial charge < -0.3 is 4.42 Å². The molecular weight excluding hydrogens is 767 g/mol. The summed E-state index contributed by atoms with van der Waals surface area (Å²) in [6.07, 6.45) is 0. The molecule has 0 fully saturated rings. The first-order valence-corrected chi connectivity index (χ1v) is 21.2. The highest BCUT2D eigenvalue weighted by molar-refractivity contribution is 6.20. The topological polar surface area (TPSA) is 51.8 Å². The van der Waals surface area contributed by atoms with Crippen molar-refractivity contribution in [2.45, 2.75) is 0 Å². The number of furan rings is 1. The maximum Gasteiger partial charge on any atom is 0.164 e. The van der Waals surface area contributed by atoms with E-state index in [0.29, 0.717) is 17.5 Å². The molecule has 63 heavy (non-hydrogen) atoms. The van der Waals surface area contributed by atoms with Gasteiger partial charge in [-0.3, -0.25) is 0 Å². The van der Waals surface area contributed by atoms with Crippen LogP contribution in [0.1, 0.15) is 0 Å². The van der Waals surface area contributed by atoms with Gasteiger partial charge in [-0.15, -0.1) is 0 Å². The normalized spacial score (nSPS) is 11.5. The molecule has 0 amide bonds. The first-order chi connectivity index (χ1) is 31.2. The lowest BCUT2D eigenvalue weighted by molar-refractivity contribution is 0.631. The van der Waals surface area contributed by atoms with Crippen LogP contribution < -0.4 is 0 Å². The molecule has 0 N–H and O–H groups in total. The highest BCUT2D eigenvalue weighted by Gasteiger charge is 2.18. The van der Waals surface area contributed by atoms with Gasteiger partial charge in [-0.1, -0.05) is 200 Å². The van der Waals surface area contributed by atoms with Gasteiger partial charge in [0.25, 0.3) is 0 Å². The molecule has 0 aliphatic heterocycles. The first-order valence-electron chi connectivity index (χ1n) is 21.2. The average Bonchev–Trinajstić information content (AvgIpc) is 3.81. The number of nitrogens with zero attached hydrogens (tertiary/aromatic N) is 3. The minimum Gasteiger partial charge on any atom is -0.456 e. The summed E-state index contributed by atoms with van der Waals surface area (Å²) >= 11 is 0. The highest BCUT2D eigenvalue weighted by atomic mass is 16.3. The van der Waals surface area contributed by atoms with Crippen molar-refractivity contribution in [2.75, 3.05) is 0 Å². The fourth-order valence-corrected chi connectivity index (χ4v) is 9.01. The Labute approximate surface area is 364 Å². The number of fused-ring (bicyclic) bond motifs is 5. The second kappa shape index (κ2) is 15.2. The van der Waals surface area contributed by atoms with Crippen LogP contribution in [0.2, 0.25) is 0 Å². The fraction of sp³-hybridized carbons (Fsp3) is 0. The van der Waals surface area contributed by atoms with Gasteiger partial charge in [0.1, 0.15) is 11.3 Å². The fourth-order valence-electron chi connectivity index (χ4n) is 9.01. The average molecular weight is 804 g/mol. The molecule has 0 saturated carbocycles. The van der Waals surface area contributed by atoms with Gasteiger partial charge >= 0.3 is 0 Å². The maximum atomic E-state index is 6.27. The summed E-state index contributed by atoms with van der Waals surface area (Å²) in [5.41, 5.74) is 11.4. The molecule has 12 aromatic rings. The third kappa shape index (κ3) is 6.62. The summed E-state index contributed by atoms with van der Waals surface area (Å²) in [5, 5.41) is 8.60. The number of hydrogen-bond donors (Lipinski definition) is 0. The Balaban J connectivity index is 0.932. The van der Waals surface area contributed by atoms with E-state index in [1.165, 1.54) is 43.4 Å². The Morgan fingerprint density at radius 1 is 0.270 bits per heavy atom. The molecule has 0 unspecified atom stereocenters. The van der Waals surface area contributed by atoms with Crippen LogP contribution in [0.15, 0.2) is 229 Å². The van der Waals surface area contributed by atoms with E-state index in [4.69, 9.17) is 19.4 Å². The predicted molar refractivity (Wildman–Crippen MR) is 260 cm³/mol. The summed E-state index contributed by atoms with van der Waals surface area (Å²) in [4.78, 5) is 15.5. The van der Waals surface area contributed by atoms with Gasteiger partial charge in [-0.05, 0) is 90.0 Å². The summed E-state index contributed by atoms with van der Waals surface area (Å²) in [7, 11) is 0. The van der Waals surface area contributed by atoms with Crippen molar-refractivity contribution in [3.05, 3.63) is 224 Å². The Bertz CT molecular complexity index is 3630. The molecule has 0 bridgehead atoms. The van der Waals surface area contributed by atoms with Crippen molar-refractivity contribution in [1.82, 2.24) is 15.0 Å². The number of aromatic nitrogens is 3. The number of hydrogen-bond acceptors (Lipinski definition) is 4. The Morgan fingerprint density at radius 2 is 0.841 bits per heavy atom. The van der Waals surface area contributed by atoms with Crippen molar-refractivity contribution in [3.63, 3.8) is 0 Å². The quantitative estimate of drug-likeness (QED) is 0.119. The van der Waals surface area contributed by atoms with E-state index in [1.54, 1.807) is 0 Å². The van der Waals surface area contributed by atoms with Gasteiger partial charge in [0, 0.05) is 27.6 Å². The third-order valence-corrected chi connectivity index (χ3v) is 12.1. The molecule has 0 aliphatic rings. The van der Waals surface area contributed by atoms with Crippen LogP contribution in [0.25, 0.3) is 122 Å². The maximum absolute atomic E-state index is 6.27. The van der Waals surface area contributed by atoms with Crippen molar-refractivity contribution >= 4 is 43.3 Å². The van der Waals surface area contributed by atoms with Crippen LogP contribution in [0.3, 0.4) is 0 Å². The van der Waals surface area contributed by atoms with Gasteiger partial charge in [0.15, 0.2) is 17.5 Å². The molecule has 0 saturated heterocycles. The van der Waals surface area contributed by atoms with Gasteiger partial charge in [0.2, 0.25) is 0 Å². The smallest absolute Gasteiger partial charge is 0.164 e. The van der Waals surface area contributed by atoms with Crippen molar-refractivity contribution < 1.29 is 4.42 Å². The van der Waals surface area contributed by atoms with Crippen molar-refractivity contribution in [3.8, 4) is 78.9 Å². The molecule has 2 aromatic heterocycles. The minimum atomic E-state index is 0.587. The highest BCUT2D eigenvalue weighted by Crippen LogP contribution is 2.40. The molecule has 0 aliphatic carbocycles. The zero-order chi connectivity index (χ0) is 41.7.